The molecule has 0 radical (unpaired) electrons. The first kappa shape index (κ1) is 13.2. The molecule has 0 aromatic heterocycles. The zero-order chi connectivity index (χ0) is 12.8. The standard InChI is InChI=1S/C14H18FNO2/c15-13-4-2-12(3-5-13)10-14(17)11-16-6-1-8-18-9-7-16/h2-5H,1,6-11H2. The molecule has 0 N–H and O–H groups in total. The van der Waals surface area contributed by atoms with E-state index >= 15 is 0 Å². The molecule has 2 rings (SSSR count). The Balaban J connectivity index is 1.82. The summed E-state index contributed by atoms with van der Waals surface area (Å²) in [6.45, 7) is 3.66. The summed E-state index contributed by atoms with van der Waals surface area (Å²) < 4.78 is 18.1. The smallest absolute Gasteiger partial charge is 0.151 e. The van der Waals surface area contributed by atoms with E-state index in [0.717, 1.165) is 31.7 Å². The molecule has 3 nitrogen and oxygen atoms in total. The summed E-state index contributed by atoms with van der Waals surface area (Å²) in [4.78, 5) is 14.0. The van der Waals surface area contributed by atoms with Crippen LogP contribution in [0.25, 0.3) is 0 Å². The van der Waals surface area contributed by atoms with Crippen molar-refractivity contribution in [1.82, 2.24) is 4.90 Å². The van der Waals surface area contributed by atoms with E-state index in [1.165, 1.54) is 12.1 Å². The molecule has 0 amide bonds. The van der Waals surface area contributed by atoms with Crippen LogP contribution in [-0.2, 0) is 16.0 Å². The summed E-state index contributed by atoms with van der Waals surface area (Å²) in [7, 11) is 0. The number of rotatable bonds is 4. The van der Waals surface area contributed by atoms with Crippen LogP contribution in [0.1, 0.15) is 12.0 Å². The van der Waals surface area contributed by atoms with Gasteiger partial charge in [0.2, 0.25) is 0 Å². The van der Waals surface area contributed by atoms with Gasteiger partial charge in [-0.25, -0.2) is 4.39 Å². The van der Waals surface area contributed by atoms with Crippen molar-refractivity contribution in [2.45, 2.75) is 12.8 Å². The third kappa shape index (κ3) is 4.20. The number of halogens is 1. The van der Waals surface area contributed by atoms with Crippen molar-refractivity contribution in [2.75, 3.05) is 32.8 Å². The first-order valence-corrected chi connectivity index (χ1v) is 6.30. The molecule has 0 unspecified atom stereocenters. The molecule has 0 aliphatic carbocycles. The second-order valence-corrected chi connectivity index (χ2v) is 4.58. The van der Waals surface area contributed by atoms with Crippen LogP contribution in [0.15, 0.2) is 24.3 Å². The van der Waals surface area contributed by atoms with Gasteiger partial charge in [-0.05, 0) is 24.1 Å². The van der Waals surface area contributed by atoms with Gasteiger partial charge < -0.3 is 4.74 Å². The second-order valence-electron chi connectivity index (χ2n) is 4.58. The van der Waals surface area contributed by atoms with Gasteiger partial charge in [-0.15, -0.1) is 0 Å². The highest BCUT2D eigenvalue weighted by molar-refractivity contribution is 5.82. The van der Waals surface area contributed by atoms with Crippen molar-refractivity contribution < 1.29 is 13.9 Å². The predicted molar refractivity (Wildman–Crippen MR) is 67.0 cm³/mol. The normalized spacial score (nSPS) is 17.4. The molecule has 1 aliphatic rings. The van der Waals surface area contributed by atoms with Gasteiger partial charge in [0.1, 0.15) is 5.82 Å². The molecule has 0 saturated carbocycles. The van der Waals surface area contributed by atoms with Gasteiger partial charge in [-0.3, -0.25) is 9.69 Å². The van der Waals surface area contributed by atoms with Crippen molar-refractivity contribution in [3.63, 3.8) is 0 Å². The topological polar surface area (TPSA) is 29.5 Å². The van der Waals surface area contributed by atoms with Gasteiger partial charge in [0.05, 0.1) is 13.2 Å². The van der Waals surface area contributed by atoms with Gasteiger partial charge in [0, 0.05) is 26.1 Å². The summed E-state index contributed by atoms with van der Waals surface area (Å²) in [5.41, 5.74) is 0.868. The zero-order valence-electron chi connectivity index (χ0n) is 10.4. The number of carbonyl (C=O) groups is 1. The van der Waals surface area contributed by atoms with Crippen LogP contribution in [0.5, 0.6) is 0 Å². The molecule has 18 heavy (non-hydrogen) atoms. The number of carbonyl (C=O) groups excluding carboxylic acids is 1. The van der Waals surface area contributed by atoms with Crippen LogP contribution in [0.2, 0.25) is 0 Å². The average molecular weight is 251 g/mol. The molecule has 0 atom stereocenters. The molecule has 1 fully saturated rings. The zero-order valence-corrected chi connectivity index (χ0v) is 10.4. The van der Waals surface area contributed by atoms with Crippen molar-refractivity contribution in [3.8, 4) is 0 Å². The summed E-state index contributed by atoms with van der Waals surface area (Å²) in [5.74, 6) is -0.0978. The number of ketones is 1. The lowest BCUT2D eigenvalue weighted by molar-refractivity contribution is -0.119. The van der Waals surface area contributed by atoms with Crippen LogP contribution in [-0.4, -0.2) is 43.5 Å². The highest BCUT2D eigenvalue weighted by atomic mass is 19.1. The summed E-state index contributed by atoms with van der Waals surface area (Å²) in [6.07, 6.45) is 1.35. The molecule has 1 heterocycles. The Morgan fingerprint density at radius 1 is 1.22 bits per heavy atom. The first-order chi connectivity index (χ1) is 8.74. The number of ether oxygens (including phenoxy) is 1. The lowest BCUT2D eigenvalue weighted by Crippen LogP contribution is -2.32. The lowest BCUT2D eigenvalue weighted by atomic mass is 10.1. The fourth-order valence-electron chi connectivity index (χ4n) is 2.09. The number of Topliss-reactive ketones (excluding diaryl/α,β-unsaturated/α-hetero) is 1. The molecule has 1 aromatic carbocycles. The maximum atomic E-state index is 12.7. The van der Waals surface area contributed by atoms with Gasteiger partial charge in [0.25, 0.3) is 0 Å². The van der Waals surface area contributed by atoms with E-state index < -0.39 is 0 Å². The van der Waals surface area contributed by atoms with Crippen molar-refractivity contribution in [3.05, 3.63) is 35.6 Å². The van der Waals surface area contributed by atoms with E-state index in [1.54, 1.807) is 12.1 Å². The van der Waals surface area contributed by atoms with Crippen LogP contribution in [0.4, 0.5) is 4.39 Å². The van der Waals surface area contributed by atoms with E-state index in [1.807, 2.05) is 0 Å². The number of benzene rings is 1. The summed E-state index contributed by atoms with van der Waals surface area (Å²) in [5, 5.41) is 0. The largest absolute Gasteiger partial charge is 0.380 e. The Bertz CT molecular complexity index is 383. The van der Waals surface area contributed by atoms with Gasteiger partial charge in [-0.2, -0.15) is 0 Å². The van der Waals surface area contributed by atoms with E-state index in [4.69, 9.17) is 4.74 Å². The lowest BCUT2D eigenvalue weighted by Gasteiger charge is -2.17. The highest BCUT2D eigenvalue weighted by Gasteiger charge is 2.13. The van der Waals surface area contributed by atoms with Crippen molar-refractivity contribution in [2.24, 2.45) is 0 Å². The molecule has 1 aromatic rings. The summed E-state index contributed by atoms with van der Waals surface area (Å²) >= 11 is 0. The molecule has 0 bridgehead atoms. The Morgan fingerprint density at radius 3 is 2.78 bits per heavy atom. The minimum absolute atomic E-state index is 0.170. The minimum Gasteiger partial charge on any atom is -0.380 e. The van der Waals surface area contributed by atoms with Gasteiger partial charge in [0.15, 0.2) is 5.78 Å². The Hall–Kier alpha value is -1.26. The van der Waals surface area contributed by atoms with E-state index in [0.29, 0.717) is 19.6 Å². The maximum Gasteiger partial charge on any atom is 0.151 e. The van der Waals surface area contributed by atoms with Crippen LogP contribution >= 0.6 is 0 Å². The van der Waals surface area contributed by atoms with E-state index in [-0.39, 0.29) is 11.6 Å². The van der Waals surface area contributed by atoms with Crippen LogP contribution in [0, 0.1) is 5.82 Å². The van der Waals surface area contributed by atoms with Crippen molar-refractivity contribution in [1.29, 1.82) is 0 Å². The molecule has 98 valence electrons. The number of hydrogen-bond acceptors (Lipinski definition) is 3. The molecule has 0 spiro atoms. The highest BCUT2D eigenvalue weighted by Crippen LogP contribution is 2.05. The Kier molecular flexibility index (Phi) is 4.84. The first-order valence-electron chi connectivity index (χ1n) is 6.30. The fraction of sp³-hybridized carbons (Fsp3) is 0.500. The maximum absolute atomic E-state index is 12.7. The summed E-state index contributed by atoms with van der Waals surface area (Å²) in [6, 6.07) is 6.11. The average Bonchev–Trinajstić information content (AvgIpc) is 2.61. The Labute approximate surface area is 107 Å². The SMILES string of the molecule is O=C(Cc1ccc(F)cc1)CN1CCCOCC1. The molecule has 1 saturated heterocycles. The van der Waals surface area contributed by atoms with Gasteiger partial charge >= 0.3 is 0 Å². The van der Waals surface area contributed by atoms with E-state index in [2.05, 4.69) is 4.90 Å². The predicted octanol–water partition coefficient (Wildman–Crippen LogP) is 1.66. The fourth-order valence-corrected chi connectivity index (χ4v) is 2.09. The van der Waals surface area contributed by atoms with Crippen LogP contribution < -0.4 is 0 Å². The molecule has 1 aliphatic heterocycles. The third-order valence-electron chi connectivity index (χ3n) is 3.03. The second kappa shape index (κ2) is 6.61. The van der Waals surface area contributed by atoms with Crippen molar-refractivity contribution >= 4 is 5.78 Å². The van der Waals surface area contributed by atoms with E-state index in [9.17, 15) is 9.18 Å². The minimum atomic E-state index is -0.268. The Morgan fingerprint density at radius 2 is 2.00 bits per heavy atom. The third-order valence-corrected chi connectivity index (χ3v) is 3.03. The quantitative estimate of drug-likeness (QED) is 0.815. The monoisotopic (exact) mass is 251 g/mol. The molecular formula is C14H18FNO2. The number of hydrogen-bond donors (Lipinski definition) is 0. The van der Waals surface area contributed by atoms with Gasteiger partial charge in [-0.1, -0.05) is 12.1 Å². The molecular weight excluding hydrogens is 233 g/mol. The van der Waals surface area contributed by atoms with Crippen LogP contribution in [0.3, 0.4) is 0 Å². The number of nitrogens with zero attached hydrogens (tertiary/aromatic N) is 1. The molecule has 4 heteroatoms.